The second kappa shape index (κ2) is 5.56. The largest absolute Gasteiger partial charge is 0.480 e. The van der Waals surface area contributed by atoms with Gasteiger partial charge in [0.25, 0.3) is 0 Å². The lowest BCUT2D eigenvalue weighted by molar-refractivity contribution is 0.151. The number of rotatable bonds is 5. The summed E-state index contributed by atoms with van der Waals surface area (Å²) in [6, 6.07) is 1.97. The molecule has 1 heterocycles. The first kappa shape index (κ1) is 11.8. The summed E-state index contributed by atoms with van der Waals surface area (Å²) in [6.45, 7) is 5.29. The fourth-order valence-electron chi connectivity index (χ4n) is 1.41. The minimum absolute atomic E-state index is 0.501. The van der Waals surface area contributed by atoms with Gasteiger partial charge < -0.3 is 15.2 Å². The van der Waals surface area contributed by atoms with Crippen LogP contribution < -0.4 is 10.5 Å². The molecule has 4 nitrogen and oxygen atoms in total. The summed E-state index contributed by atoms with van der Waals surface area (Å²) in [6.07, 6.45) is 0.791. The van der Waals surface area contributed by atoms with Gasteiger partial charge in [0.15, 0.2) is 0 Å². The number of nitrogen functional groups attached to an aromatic ring is 1. The smallest absolute Gasteiger partial charge is 0.237 e. The quantitative estimate of drug-likeness (QED) is 0.749. The van der Waals surface area contributed by atoms with E-state index in [2.05, 4.69) is 4.98 Å². The predicted molar refractivity (Wildman–Crippen MR) is 60.1 cm³/mol. The summed E-state index contributed by atoms with van der Waals surface area (Å²) >= 11 is 0. The van der Waals surface area contributed by atoms with Gasteiger partial charge in [-0.3, -0.25) is 0 Å². The predicted octanol–water partition coefficient (Wildman–Crippen LogP) is 1.56. The van der Waals surface area contributed by atoms with Crippen molar-refractivity contribution in [2.24, 2.45) is 0 Å². The summed E-state index contributed by atoms with van der Waals surface area (Å²) in [7, 11) is 1.57. The molecule has 0 aliphatic heterocycles. The fourth-order valence-corrected chi connectivity index (χ4v) is 1.41. The van der Waals surface area contributed by atoms with Gasteiger partial charge >= 0.3 is 0 Å². The minimum atomic E-state index is 0.501. The first-order valence-electron chi connectivity index (χ1n) is 5.06. The molecule has 1 aromatic heterocycles. The van der Waals surface area contributed by atoms with E-state index < -0.39 is 0 Å². The number of nitrogens with two attached hydrogens (primary N) is 1. The van der Waals surface area contributed by atoms with Gasteiger partial charge in [-0.05, 0) is 31.9 Å². The number of ether oxygens (including phenoxy) is 2. The van der Waals surface area contributed by atoms with E-state index in [1.807, 2.05) is 19.9 Å². The number of hydrogen-bond donors (Lipinski definition) is 1. The Labute approximate surface area is 90.4 Å². The Morgan fingerprint density at radius 1 is 1.47 bits per heavy atom. The summed E-state index contributed by atoms with van der Waals surface area (Å²) in [5.74, 6) is 0.501. The number of anilines is 1. The standard InChI is InChI=1S/C11H18N2O2/c1-4-15-6-5-9-7-8(2)13-11(14-3)10(9)12/h7H,4-6,12H2,1-3H3. The van der Waals surface area contributed by atoms with Crippen LogP contribution in [0.5, 0.6) is 5.88 Å². The van der Waals surface area contributed by atoms with E-state index in [1.54, 1.807) is 7.11 Å². The molecule has 0 amide bonds. The maximum atomic E-state index is 5.90. The van der Waals surface area contributed by atoms with Crippen LogP contribution in [0.4, 0.5) is 5.69 Å². The van der Waals surface area contributed by atoms with Crippen LogP contribution in [0.25, 0.3) is 0 Å². The van der Waals surface area contributed by atoms with Gasteiger partial charge in [-0.25, -0.2) is 4.98 Å². The Kier molecular flexibility index (Phi) is 4.37. The van der Waals surface area contributed by atoms with Crippen molar-refractivity contribution in [2.75, 3.05) is 26.1 Å². The SMILES string of the molecule is CCOCCc1cc(C)nc(OC)c1N. The highest BCUT2D eigenvalue weighted by atomic mass is 16.5. The summed E-state index contributed by atoms with van der Waals surface area (Å²) in [4.78, 5) is 4.19. The molecule has 0 saturated heterocycles. The maximum absolute atomic E-state index is 5.90. The highest BCUT2D eigenvalue weighted by Gasteiger charge is 2.08. The van der Waals surface area contributed by atoms with E-state index in [0.29, 0.717) is 18.2 Å². The average molecular weight is 210 g/mol. The van der Waals surface area contributed by atoms with Crippen LogP contribution in [0.1, 0.15) is 18.2 Å². The molecule has 0 aromatic carbocycles. The molecule has 1 rings (SSSR count). The zero-order valence-electron chi connectivity index (χ0n) is 9.54. The van der Waals surface area contributed by atoms with Crippen LogP contribution in [-0.2, 0) is 11.2 Å². The molecular weight excluding hydrogens is 192 g/mol. The average Bonchev–Trinajstić information content (AvgIpc) is 2.23. The molecule has 84 valence electrons. The molecule has 0 radical (unpaired) electrons. The van der Waals surface area contributed by atoms with Gasteiger partial charge in [-0.15, -0.1) is 0 Å². The van der Waals surface area contributed by atoms with E-state index in [4.69, 9.17) is 15.2 Å². The van der Waals surface area contributed by atoms with E-state index in [1.165, 1.54) is 0 Å². The fraction of sp³-hybridized carbons (Fsp3) is 0.545. The van der Waals surface area contributed by atoms with Crippen LogP contribution in [0.15, 0.2) is 6.07 Å². The van der Waals surface area contributed by atoms with Crippen molar-refractivity contribution in [1.29, 1.82) is 0 Å². The van der Waals surface area contributed by atoms with E-state index in [0.717, 1.165) is 24.3 Å². The van der Waals surface area contributed by atoms with Gasteiger partial charge in [0.1, 0.15) is 0 Å². The number of aryl methyl sites for hydroxylation is 1. The van der Waals surface area contributed by atoms with Crippen LogP contribution in [0.3, 0.4) is 0 Å². The third-order valence-corrected chi connectivity index (χ3v) is 2.15. The van der Waals surface area contributed by atoms with Crippen molar-refractivity contribution in [1.82, 2.24) is 4.98 Å². The Balaban J connectivity index is 2.81. The monoisotopic (exact) mass is 210 g/mol. The van der Waals surface area contributed by atoms with Crippen LogP contribution in [0.2, 0.25) is 0 Å². The van der Waals surface area contributed by atoms with Crippen molar-refractivity contribution in [3.8, 4) is 5.88 Å². The lowest BCUT2D eigenvalue weighted by atomic mass is 10.1. The van der Waals surface area contributed by atoms with Crippen LogP contribution in [-0.4, -0.2) is 25.3 Å². The number of methoxy groups -OCH3 is 1. The molecule has 0 fully saturated rings. The van der Waals surface area contributed by atoms with Crippen molar-refractivity contribution in [3.05, 3.63) is 17.3 Å². The van der Waals surface area contributed by atoms with Gasteiger partial charge in [-0.1, -0.05) is 0 Å². The van der Waals surface area contributed by atoms with Gasteiger partial charge in [-0.2, -0.15) is 0 Å². The molecule has 0 aliphatic carbocycles. The summed E-state index contributed by atoms with van der Waals surface area (Å²) in [5.41, 5.74) is 8.46. The molecule has 15 heavy (non-hydrogen) atoms. The maximum Gasteiger partial charge on any atom is 0.237 e. The Hall–Kier alpha value is -1.29. The minimum Gasteiger partial charge on any atom is -0.480 e. The number of nitrogens with zero attached hydrogens (tertiary/aromatic N) is 1. The Bertz CT molecular complexity index is 327. The van der Waals surface area contributed by atoms with E-state index in [-0.39, 0.29) is 0 Å². The number of aromatic nitrogens is 1. The van der Waals surface area contributed by atoms with Crippen molar-refractivity contribution < 1.29 is 9.47 Å². The lowest BCUT2D eigenvalue weighted by Crippen LogP contribution is -2.05. The molecule has 4 heteroatoms. The van der Waals surface area contributed by atoms with Crippen molar-refractivity contribution in [3.63, 3.8) is 0 Å². The molecule has 0 bridgehead atoms. The summed E-state index contributed by atoms with van der Waals surface area (Å²) in [5, 5.41) is 0. The molecule has 1 aromatic rings. The molecule has 0 atom stereocenters. The molecule has 0 aliphatic rings. The molecule has 2 N–H and O–H groups in total. The third-order valence-electron chi connectivity index (χ3n) is 2.15. The second-order valence-corrected chi connectivity index (χ2v) is 3.29. The first-order chi connectivity index (χ1) is 7.19. The highest BCUT2D eigenvalue weighted by Crippen LogP contribution is 2.23. The van der Waals surface area contributed by atoms with Crippen molar-refractivity contribution >= 4 is 5.69 Å². The van der Waals surface area contributed by atoms with Gasteiger partial charge in [0.2, 0.25) is 5.88 Å². The van der Waals surface area contributed by atoms with Gasteiger partial charge in [0.05, 0.1) is 19.4 Å². The molecule has 0 spiro atoms. The second-order valence-electron chi connectivity index (χ2n) is 3.29. The Morgan fingerprint density at radius 3 is 2.80 bits per heavy atom. The normalized spacial score (nSPS) is 10.3. The van der Waals surface area contributed by atoms with E-state index in [9.17, 15) is 0 Å². The van der Waals surface area contributed by atoms with E-state index >= 15 is 0 Å². The zero-order valence-corrected chi connectivity index (χ0v) is 9.54. The summed E-state index contributed by atoms with van der Waals surface area (Å²) < 4.78 is 10.4. The number of pyridine rings is 1. The molecular formula is C11H18N2O2. The van der Waals surface area contributed by atoms with Crippen LogP contribution in [0, 0.1) is 6.92 Å². The van der Waals surface area contributed by atoms with Gasteiger partial charge in [0, 0.05) is 12.3 Å². The molecule has 0 unspecified atom stereocenters. The van der Waals surface area contributed by atoms with Crippen LogP contribution >= 0.6 is 0 Å². The lowest BCUT2D eigenvalue weighted by Gasteiger charge is -2.10. The zero-order chi connectivity index (χ0) is 11.3. The number of hydrogen-bond acceptors (Lipinski definition) is 4. The molecule has 0 saturated carbocycles. The first-order valence-corrected chi connectivity index (χ1v) is 5.06. The third kappa shape index (κ3) is 3.09. The Morgan fingerprint density at radius 2 is 2.20 bits per heavy atom. The highest BCUT2D eigenvalue weighted by molar-refractivity contribution is 5.55. The van der Waals surface area contributed by atoms with Crippen molar-refractivity contribution in [2.45, 2.75) is 20.3 Å². The topological polar surface area (TPSA) is 57.4 Å².